The van der Waals surface area contributed by atoms with E-state index >= 15 is 0 Å². The average Bonchev–Trinajstić information content (AvgIpc) is 2.14. The van der Waals surface area contributed by atoms with Crippen molar-refractivity contribution in [3.8, 4) is 0 Å². The normalized spacial score (nSPS) is 12.2. The number of hydrogen-bond donors (Lipinski definition) is 2. The second-order valence-corrected chi connectivity index (χ2v) is 5.34. The zero-order chi connectivity index (χ0) is 12.8. The summed E-state index contributed by atoms with van der Waals surface area (Å²) < 4.78 is 0. The van der Waals surface area contributed by atoms with Crippen LogP contribution in [0, 0.1) is 0 Å². The molecule has 0 fully saturated rings. The molecule has 0 aliphatic heterocycles. The van der Waals surface area contributed by atoms with Gasteiger partial charge in [0.2, 0.25) is 5.91 Å². The van der Waals surface area contributed by atoms with E-state index in [4.69, 9.17) is 0 Å². The van der Waals surface area contributed by atoms with Crippen molar-refractivity contribution in [3.63, 3.8) is 0 Å². The van der Waals surface area contributed by atoms with Gasteiger partial charge in [-0.15, -0.1) is 0 Å². The number of rotatable bonds is 7. The highest BCUT2D eigenvalue weighted by Gasteiger charge is 2.20. The molecule has 0 bridgehead atoms. The number of hydrogen-bond acceptors (Lipinski definition) is 3. The predicted octanol–water partition coefficient (Wildman–Crippen LogP) is 0.831. The van der Waals surface area contributed by atoms with Crippen molar-refractivity contribution in [3.05, 3.63) is 0 Å². The van der Waals surface area contributed by atoms with Crippen LogP contribution >= 0.6 is 0 Å². The van der Waals surface area contributed by atoms with E-state index in [1.165, 1.54) is 0 Å². The SMILES string of the molecule is CC(C)NCCC(=O)NCC(C)(C)N(C)C. The summed E-state index contributed by atoms with van der Waals surface area (Å²) in [6.45, 7) is 9.80. The molecule has 0 spiro atoms. The third kappa shape index (κ3) is 6.80. The molecule has 0 saturated carbocycles. The Kier molecular flexibility index (Phi) is 6.60. The Morgan fingerprint density at radius 3 is 2.31 bits per heavy atom. The minimum Gasteiger partial charge on any atom is -0.354 e. The van der Waals surface area contributed by atoms with Crippen LogP contribution in [0.15, 0.2) is 0 Å². The van der Waals surface area contributed by atoms with Crippen molar-refractivity contribution in [1.82, 2.24) is 15.5 Å². The quantitative estimate of drug-likeness (QED) is 0.680. The maximum Gasteiger partial charge on any atom is 0.221 e. The third-order valence-corrected chi connectivity index (χ3v) is 2.83. The summed E-state index contributed by atoms with van der Waals surface area (Å²) in [6.07, 6.45) is 0.543. The Morgan fingerprint density at radius 2 is 1.88 bits per heavy atom. The lowest BCUT2D eigenvalue weighted by Gasteiger charge is -2.32. The van der Waals surface area contributed by atoms with Crippen molar-refractivity contribution in [1.29, 1.82) is 0 Å². The Balaban J connectivity index is 3.73. The van der Waals surface area contributed by atoms with E-state index in [-0.39, 0.29) is 11.4 Å². The minimum absolute atomic E-state index is 0.00113. The van der Waals surface area contributed by atoms with Crippen molar-refractivity contribution in [2.45, 2.75) is 45.7 Å². The van der Waals surface area contributed by atoms with Gasteiger partial charge in [0.15, 0.2) is 0 Å². The van der Waals surface area contributed by atoms with Gasteiger partial charge in [-0.2, -0.15) is 0 Å². The first kappa shape index (κ1) is 15.4. The first-order chi connectivity index (χ1) is 7.25. The molecule has 4 nitrogen and oxygen atoms in total. The van der Waals surface area contributed by atoms with E-state index in [2.05, 4.69) is 43.2 Å². The molecule has 0 rings (SSSR count). The largest absolute Gasteiger partial charge is 0.354 e. The first-order valence-electron chi connectivity index (χ1n) is 5.93. The number of carbonyl (C=O) groups is 1. The fourth-order valence-electron chi connectivity index (χ4n) is 1.04. The monoisotopic (exact) mass is 229 g/mol. The fraction of sp³-hybridized carbons (Fsp3) is 0.917. The van der Waals surface area contributed by atoms with Gasteiger partial charge in [-0.3, -0.25) is 4.79 Å². The van der Waals surface area contributed by atoms with E-state index in [1.807, 2.05) is 14.1 Å². The van der Waals surface area contributed by atoms with Crippen LogP contribution in [-0.4, -0.2) is 49.6 Å². The third-order valence-electron chi connectivity index (χ3n) is 2.83. The molecule has 0 saturated heterocycles. The average molecular weight is 229 g/mol. The van der Waals surface area contributed by atoms with Crippen LogP contribution in [0.1, 0.15) is 34.1 Å². The summed E-state index contributed by atoms with van der Waals surface area (Å²) in [6, 6.07) is 0.436. The van der Waals surface area contributed by atoms with Gasteiger partial charge in [0, 0.05) is 31.1 Å². The Morgan fingerprint density at radius 1 is 1.31 bits per heavy atom. The number of amides is 1. The zero-order valence-electron chi connectivity index (χ0n) is 11.6. The fourth-order valence-corrected chi connectivity index (χ4v) is 1.04. The highest BCUT2D eigenvalue weighted by Crippen LogP contribution is 2.07. The highest BCUT2D eigenvalue weighted by molar-refractivity contribution is 5.76. The molecule has 0 aliphatic rings. The smallest absolute Gasteiger partial charge is 0.221 e. The summed E-state index contributed by atoms with van der Waals surface area (Å²) >= 11 is 0. The molecule has 0 unspecified atom stereocenters. The van der Waals surface area contributed by atoms with E-state index in [9.17, 15) is 4.79 Å². The Hall–Kier alpha value is -0.610. The molecule has 0 radical (unpaired) electrons. The number of likely N-dealkylation sites (N-methyl/N-ethyl adjacent to an activating group) is 1. The molecule has 0 aromatic rings. The van der Waals surface area contributed by atoms with Crippen molar-refractivity contribution in [2.24, 2.45) is 0 Å². The zero-order valence-corrected chi connectivity index (χ0v) is 11.6. The molecular weight excluding hydrogens is 202 g/mol. The van der Waals surface area contributed by atoms with Crippen LogP contribution in [0.3, 0.4) is 0 Å². The Bertz CT molecular complexity index is 212. The van der Waals surface area contributed by atoms with Gasteiger partial charge in [-0.25, -0.2) is 0 Å². The van der Waals surface area contributed by atoms with E-state index < -0.39 is 0 Å². The molecule has 1 amide bonds. The lowest BCUT2D eigenvalue weighted by Crippen LogP contribution is -2.48. The molecule has 96 valence electrons. The molecular formula is C12H27N3O. The molecule has 4 heteroatoms. The van der Waals surface area contributed by atoms with Gasteiger partial charge < -0.3 is 15.5 Å². The molecule has 0 aromatic heterocycles. The van der Waals surface area contributed by atoms with Gasteiger partial charge in [0.25, 0.3) is 0 Å². The molecule has 0 aromatic carbocycles. The van der Waals surface area contributed by atoms with Crippen LogP contribution in [0.2, 0.25) is 0 Å². The van der Waals surface area contributed by atoms with E-state index in [0.29, 0.717) is 19.0 Å². The molecule has 2 N–H and O–H groups in total. The summed E-state index contributed by atoms with van der Waals surface area (Å²) in [5.74, 6) is 0.114. The van der Waals surface area contributed by atoms with Crippen LogP contribution < -0.4 is 10.6 Å². The maximum absolute atomic E-state index is 11.5. The summed E-state index contributed by atoms with van der Waals surface area (Å²) in [4.78, 5) is 13.6. The number of nitrogens with one attached hydrogen (secondary N) is 2. The van der Waals surface area contributed by atoms with Gasteiger partial charge in [0.1, 0.15) is 0 Å². The van der Waals surface area contributed by atoms with Crippen molar-refractivity contribution >= 4 is 5.91 Å². The maximum atomic E-state index is 11.5. The first-order valence-corrected chi connectivity index (χ1v) is 5.93. The van der Waals surface area contributed by atoms with Gasteiger partial charge in [-0.05, 0) is 27.9 Å². The summed E-state index contributed by atoms with van der Waals surface area (Å²) in [7, 11) is 4.04. The van der Waals surface area contributed by atoms with Crippen LogP contribution in [0.25, 0.3) is 0 Å². The topological polar surface area (TPSA) is 44.4 Å². The second kappa shape index (κ2) is 6.86. The minimum atomic E-state index is 0.00113. The number of carbonyl (C=O) groups excluding carboxylic acids is 1. The lowest BCUT2D eigenvalue weighted by molar-refractivity contribution is -0.121. The van der Waals surface area contributed by atoms with Crippen LogP contribution in [-0.2, 0) is 4.79 Å². The van der Waals surface area contributed by atoms with Crippen molar-refractivity contribution in [2.75, 3.05) is 27.2 Å². The Labute approximate surface area is 99.8 Å². The van der Waals surface area contributed by atoms with Crippen LogP contribution in [0.4, 0.5) is 0 Å². The molecule has 0 atom stereocenters. The molecule has 0 heterocycles. The van der Waals surface area contributed by atoms with E-state index in [0.717, 1.165) is 6.54 Å². The van der Waals surface area contributed by atoms with Crippen molar-refractivity contribution < 1.29 is 4.79 Å². The number of nitrogens with zero attached hydrogens (tertiary/aromatic N) is 1. The summed E-state index contributed by atoms with van der Waals surface area (Å²) in [5, 5.41) is 6.18. The van der Waals surface area contributed by atoms with E-state index in [1.54, 1.807) is 0 Å². The standard InChI is InChI=1S/C12H27N3O/c1-10(2)13-8-7-11(16)14-9-12(3,4)15(5)6/h10,13H,7-9H2,1-6H3,(H,14,16). The molecule has 0 aliphatic carbocycles. The van der Waals surface area contributed by atoms with Gasteiger partial charge in [0.05, 0.1) is 0 Å². The van der Waals surface area contributed by atoms with Gasteiger partial charge >= 0.3 is 0 Å². The van der Waals surface area contributed by atoms with Crippen LogP contribution in [0.5, 0.6) is 0 Å². The second-order valence-electron chi connectivity index (χ2n) is 5.34. The summed E-state index contributed by atoms with van der Waals surface area (Å²) in [5.41, 5.74) is 0.00113. The van der Waals surface area contributed by atoms with Gasteiger partial charge in [-0.1, -0.05) is 13.8 Å². The lowest BCUT2D eigenvalue weighted by atomic mass is 10.0. The highest BCUT2D eigenvalue weighted by atomic mass is 16.1. The molecule has 16 heavy (non-hydrogen) atoms. The predicted molar refractivity (Wildman–Crippen MR) is 68.5 cm³/mol.